The summed E-state index contributed by atoms with van der Waals surface area (Å²) in [5, 5.41) is -1.19. The van der Waals surface area contributed by atoms with Gasteiger partial charge in [0.25, 0.3) is 0 Å². The van der Waals surface area contributed by atoms with E-state index in [0.717, 1.165) is 40.7 Å². The Kier molecular flexibility index (Phi) is 6.64. The van der Waals surface area contributed by atoms with Crippen molar-refractivity contribution in [3.63, 3.8) is 0 Å². The SMILES string of the molecule is CCCCCCP(Cl)(Cl)(c1ccccc1)c1ccccc1-c1ccccc1. The van der Waals surface area contributed by atoms with Gasteiger partial charge in [-0.2, -0.15) is 0 Å². The summed E-state index contributed by atoms with van der Waals surface area (Å²) in [6.07, 6.45) is 5.43. The third-order valence-corrected chi connectivity index (χ3v) is 12.2. The summed E-state index contributed by atoms with van der Waals surface area (Å²) >= 11 is 15.2. The average molecular weight is 417 g/mol. The maximum absolute atomic E-state index is 7.58. The van der Waals surface area contributed by atoms with E-state index >= 15 is 0 Å². The Labute approximate surface area is 173 Å². The monoisotopic (exact) mass is 416 g/mol. The predicted molar refractivity (Wildman–Crippen MR) is 125 cm³/mol. The van der Waals surface area contributed by atoms with Gasteiger partial charge in [-0.05, 0) is 0 Å². The molecule has 0 amide bonds. The fourth-order valence-electron chi connectivity index (χ4n) is 3.64. The summed E-state index contributed by atoms with van der Waals surface area (Å²) in [6.45, 7) is 2.23. The van der Waals surface area contributed by atoms with E-state index in [2.05, 4.69) is 67.6 Å². The van der Waals surface area contributed by atoms with Crippen LogP contribution in [0.4, 0.5) is 0 Å². The molecule has 0 aliphatic carbocycles. The molecule has 3 heteroatoms. The van der Waals surface area contributed by atoms with Crippen LogP contribution in [0.2, 0.25) is 0 Å². The molecule has 3 aromatic rings. The maximum atomic E-state index is 7.58. The minimum absolute atomic E-state index is 0.808. The summed E-state index contributed by atoms with van der Waals surface area (Å²) in [5.74, 6) is 0. The van der Waals surface area contributed by atoms with Gasteiger partial charge in [0, 0.05) is 0 Å². The molecule has 3 rings (SSSR count). The van der Waals surface area contributed by atoms with Gasteiger partial charge < -0.3 is 0 Å². The first-order valence-electron chi connectivity index (χ1n) is 9.71. The molecule has 0 saturated heterocycles. The van der Waals surface area contributed by atoms with E-state index in [0.29, 0.717) is 0 Å². The van der Waals surface area contributed by atoms with Crippen molar-refractivity contribution in [1.82, 2.24) is 0 Å². The first kappa shape index (κ1) is 20.4. The van der Waals surface area contributed by atoms with Crippen LogP contribution in [0.3, 0.4) is 0 Å². The fourth-order valence-corrected chi connectivity index (χ4v) is 9.29. The Balaban J connectivity index is 2.15. The van der Waals surface area contributed by atoms with Crippen LogP contribution in [0.15, 0.2) is 84.9 Å². The molecule has 142 valence electrons. The van der Waals surface area contributed by atoms with E-state index < -0.39 is 5.31 Å². The van der Waals surface area contributed by atoms with E-state index in [1.54, 1.807) is 0 Å². The van der Waals surface area contributed by atoms with Gasteiger partial charge in [-0.3, -0.25) is 0 Å². The van der Waals surface area contributed by atoms with Crippen molar-refractivity contribution < 1.29 is 0 Å². The summed E-state index contributed by atoms with van der Waals surface area (Å²) in [5.41, 5.74) is 2.30. The Morgan fingerprint density at radius 1 is 0.667 bits per heavy atom. The van der Waals surface area contributed by atoms with Gasteiger partial charge in [-0.1, -0.05) is 0 Å². The topological polar surface area (TPSA) is 0 Å². The second-order valence-electron chi connectivity index (χ2n) is 7.07. The zero-order valence-electron chi connectivity index (χ0n) is 15.8. The van der Waals surface area contributed by atoms with Gasteiger partial charge in [0.15, 0.2) is 0 Å². The molecule has 0 aliphatic heterocycles. The normalized spacial score (nSPS) is 13.1. The first-order chi connectivity index (χ1) is 13.1. The summed E-state index contributed by atoms with van der Waals surface area (Å²) in [7, 11) is 0. The first-order valence-corrected chi connectivity index (χ1v) is 13.9. The molecule has 27 heavy (non-hydrogen) atoms. The number of halogens is 2. The van der Waals surface area contributed by atoms with Gasteiger partial charge in [0.2, 0.25) is 0 Å². The van der Waals surface area contributed by atoms with Crippen molar-refractivity contribution in [3.05, 3.63) is 84.9 Å². The molecule has 0 atom stereocenters. The third-order valence-electron chi connectivity index (χ3n) is 5.13. The molecule has 0 heterocycles. The van der Waals surface area contributed by atoms with E-state index in [-0.39, 0.29) is 0 Å². The second-order valence-corrected chi connectivity index (χ2v) is 15.7. The number of benzene rings is 3. The Bertz CT molecular complexity index is 860. The molecule has 0 bridgehead atoms. The van der Waals surface area contributed by atoms with Gasteiger partial charge >= 0.3 is 173 Å². The number of rotatable bonds is 8. The van der Waals surface area contributed by atoms with E-state index in [1.807, 2.05) is 24.3 Å². The zero-order valence-corrected chi connectivity index (χ0v) is 18.2. The van der Waals surface area contributed by atoms with Crippen molar-refractivity contribution >= 4 is 38.4 Å². The van der Waals surface area contributed by atoms with Crippen molar-refractivity contribution in [2.75, 3.05) is 6.16 Å². The van der Waals surface area contributed by atoms with Crippen molar-refractivity contribution in [1.29, 1.82) is 0 Å². The predicted octanol–water partition coefficient (Wildman–Crippen LogP) is 7.75. The summed E-state index contributed by atoms with van der Waals surface area (Å²) in [6, 6.07) is 29.1. The third kappa shape index (κ3) is 4.40. The number of hydrogen-bond acceptors (Lipinski definition) is 0. The molecule has 0 fully saturated rings. The molecule has 0 N–H and O–H groups in total. The van der Waals surface area contributed by atoms with Crippen LogP contribution < -0.4 is 10.6 Å². The molecule has 3 aromatic carbocycles. The van der Waals surface area contributed by atoms with Crippen molar-refractivity contribution in [2.24, 2.45) is 0 Å². The molecular weight excluding hydrogens is 390 g/mol. The molecule has 0 spiro atoms. The van der Waals surface area contributed by atoms with Crippen LogP contribution in [-0.2, 0) is 0 Å². The van der Waals surface area contributed by atoms with Crippen LogP contribution >= 0.6 is 27.8 Å². The van der Waals surface area contributed by atoms with Crippen LogP contribution in [0.25, 0.3) is 11.1 Å². The van der Waals surface area contributed by atoms with E-state index in [4.69, 9.17) is 22.5 Å². The van der Waals surface area contributed by atoms with Crippen LogP contribution in [-0.4, -0.2) is 6.16 Å². The Morgan fingerprint density at radius 2 is 1.26 bits per heavy atom. The standard InChI is InChI=1S/C24H27Cl2P/c1-2-3-4-13-20-27(25,26,22-16-9-6-10-17-22)24-19-12-11-18-23(24)21-14-7-5-8-15-21/h5-12,14-19H,2-4,13,20H2,1H3. The minimum atomic E-state index is -3.34. The van der Waals surface area contributed by atoms with E-state index in [9.17, 15) is 0 Å². The molecular formula is C24H27Cl2P. The van der Waals surface area contributed by atoms with E-state index in [1.165, 1.54) is 12.8 Å². The molecule has 0 unspecified atom stereocenters. The summed E-state index contributed by atoms with van der Waals surface area (Å²) < 4.78 is 0. The Hall–Kier alpha value is -1.33. The fraction of sp³-hybridized carbons (Fsp3) is 0.250. The number of unbranched alkanes of at least 4 members (excludes halogenated alkanes) is 3. The van der Waals surface area contributed by atoms with Gasteiger partial charge in [0.1, 0.15) is 0 Å². The van der Waals surface area contributed by atoms with Crippen LogP contribution in [0.5, 0.6) is 0 Å². The second kappa shape index (κ2) is 8.78. The summed E-state index contributed by atoms with van der Waals surface area (Å²) in [4.78, 5) is 0. The number of hydrogen-bond donors (Lipinski definition) is 0. The Morgan fingerprint density at radius 3 is 1.93 bits per heavy atom. The van der Waals surface area contributed by atoms with Gasteiger partial charge in [-0.25, -0.2) is 0 Å². The van der Waals surface area contributed by atoms with Crippen LogP contribution in [0.1, 0.15) is 32.6 Å². The molecule has 0 nitrogen and oxygen atoms in total. The van der Waals surface area contributed by atoms with Crippen molar-refractivity contribution in [2.45, 2.75) is 32.6 Å². The quantitative estimate of drug-likeness (QED) is 0.260. The van der Waals surface area contributed by atoms with Crippen molar-refractivity contribution in [3.8, 4) is 11.1 Å². The zero-order chi connectivity index (χ0) is 19.2. The van der Waals surface area contributed by atoms with Gasteiger partial charge in [-0.15, -0.1) is 0 Å². The molecule has 0 saturated carbocycles. The molecule has 0 aliphatic rings. The van der Waals surface area contributed by atoms with Gasteiger partial charge in [0.05, 0.1) is 0 Å². The van der Waals surface area contributed by atoms with Crippen LogP contribution in [0, 0.1) is 0 Å². The molecule has 0 radical (unpaired) electrons. The molecule has 0 aromatic heterocycles. The average Bonchev–Trinajstić information content (AvgIpc) is 2.73.